The van der Waals surface area contributed by atoms with E-state index in [-0.39, 0.29) is 17.4 Å². The zero-order valence-electron chi connectivity index (χ0n) is 22.3. The topological polar surface area (TPSA) is 75.7 Å². The molecule has 0 radical (unpaired) electrons. The van der Waals surface area contributed by atoms with Crippen LogP contribution in [0, 0.1) is 0 Å². The van der Waals surface area contributed by atoms with Gasteiger partial charge in [-0.25, -0.2) is 17.2 Å². The monoisotopic (exact) mass is 578 g/mol. The van der Waals surface area contributed by atoms with Crippen molar-refractivity contribution in [3.63, 3.8) is 0 Å². The number of hydrogen-bond donors (Lipinski definition) is 1. The second kappa shape index (κ2) is 12.9. The Labute approximate surface area is 233 Å². The van der Waals surface area contributed by atoms with Crippen molar-refractivity contribution in [2.75, 3.05) is 19.7 Å². The van der Waals surface area contributed by atoms with Crippen LogP contribution in [0.2, 0.25) is 5.02 Å². The highest BCUT2D eigenvalue weighted by Crippen LogP contribution is 2.38. The minimum atomic E-state index is -4.59. The van der Waals surface area contributed by atoms with Crippen LogP contribution in [-0.2, 0) is 14.6 Å². The summed E-state index contributed by atoms with van der Waals surface area (Å²) in [6, 6.07) is 9.98. The lowest BCUT2D eigenvalue weighted by molar-refractivity contribution is -0.126. The van der Waals surface area contributed by atoms with Gasteiger partial charge in [-0.2, -0.15) is 0 Å². The molecular weight excluding hydrogens is 546 g/mol. The van der Waals surface area contributed by atoms with E-state index in [1.807, 2.05) is 20.8 Å². The third-order valence-corrected chi connectivity index (χ3v) is 8.65. The number of benzene rings is 2. The number of nitrogens with zero attached hydrogens (tertiary/aromatic N) is 1. The first-order chi connectivity index (χ1) is 18.4. The number of halogens is 3. The molecule has 10 heteroatoms. The Hall–Kier alpha value is -3.01. The lowest BCUT2D eigenvalue weighted by Crippen LogP contribution is -2.52. The zero-order chi connectivity index (χ0) is 28.8. The molecule has 1 N–H and O–H groups in total. The molecule has 2 aromatic rings. The molecule has 210 valence electrons. The predicted molar refractivity (Wildman–Crippen MR) is 150 cm³/mol. The number of alkyl halides is 1. The smallest absolute Gasteiger partial charge is 0.252 e. The van der Waals surface area contributed by atoms with Gasteiger partial charge in [-0.3, -0.25) is 10.1 Å². The van der Waals surface area contributed by atoms with Crippen molar-refractivity contribution in [3.8, 4) is 5.75 Å². The van der Waals surface area contributed by atoms with Crippen molar-refractivity contribution in [1.29, 1.82) is 0 Å². The van der Waals surface area contributed by atoms with E-state index in [1.54, 1.807) is 42.2 Å². The average Bonchev–Trinajstić information content (AvgIpc) is 2.88. The van der Waals surface area contributed by atoms with Gasteiger partial charge in [0, 0.05) is 29.2 Å². The molecule has 6 nitrogen and oxygen atoms in total. The number of carbonyl (C=O) groups is 1. The van der Waals surface area contributed by atoms with Crippen LogP contribution in [-0.4, -0.2) is 50.0 Å². The number of sulfone groups is 1. The molecule has 3 rings (SSSR count). The fraction of sp³-hybridized carbons (Fsp3) is 0.345. The summed E-state index contributed by atoms with van der Waals surface area (Å²) < 4.78 is 63.3. The molecule has 1 amide bonds. The Morgan fingerprint density at radius 1 is 1.21 bits per heavy atom. The van der Waals surface area contributed by atoms with E-state index in [9.17, 15) is 17.6 Å². The fourth-order valence-corrected chi connectivity index (χ4v) is 5.89. The Balaban J connectivity index is 1.81. The second-order valence-corrected chi connectivity index (χ2v) is 12.0. The van der Waals surface area contributed by atoms with Crippen molar-refractivity contribution >= 4 is 27.3 Å². The standard InChI is InChI=1S/C29H33ClF2N2O4S/c1-5-34(28(35)18-20(2)3)16-17-38-26-9-7-6-8-25(26)21(4)33-27-19-23(31)14-15-29(27,32)39(36,37)24-12-10-22(30)11-13-24/h6-15,18-19,21,27,33H,5,16-17H2,1-4H3. The van der Waals surface area contributed by atoms with Gasteiger partial charge in [0.15, 0.2) is 0 Å². The van der Waals surface area contributed by atoms with Crippen LogP contribution in [0.3, 0.4) is 0 Å². The van der Waals surface area contributed by atoms with Crippen LogP contribution in [0.15, 0.2) is 89.1 Å². The first kappa shape index (κ1) is 30.5. The van der Waals surface area contributed by atoms with Crippen LogP contribution < -0.4 is 10.1 Å². The number of hydrogen-bond acceptors (Lipinski definition) is 5. The molecule has 2 aromatic carbocycles. The van der Waals surface area contributed by atoms with E-state index in [0.29, 0.717) is 29.4 Å². The molecule has 0 spiro atoms. The van der Waals surface area contributed by atoms with Crippen molar-refractivity contribution in [3.05, 3.63) is 94.8 Å². The highest BCUT2D eigenvalue weighted by atomic mass is 35.5. The normalized spacial score (nSPS) is 19.7. The summed E-state index contributed by atoms with van der Waals surface area (Å²) in [5, 5.41) is 0.270. The van der Waals surface area contributed by atoms with Gasteiger partial charge < -0.3 is 9.64 Å². The zero-order valence-corrected chi connectivity index (χ0v) is 23.9. The molecule has 3 unspecified atom stereocenters. The molecule has 0 bridgehead atoms. The van der Waals surface area contributed by atoms with Crippen LogP contribution in [0.4, 0.5) is 8.78 Å². The van der Waals surface area contributed by atoms with Crippen LogP contribution >= 0.6 is 11.6 Å². The SMILES string of the molecule is CCN(CCOc1ccccc1C(C)NC1C=C(F)C=CC1(F)S(=O)(=O)c1ccc(Cl)cc1)C(=O)C=C(C)C. The average molecular weight is 579 g/mol. The number of ether oxygens (including phenoxy) is 1. The summed E-state index contributed by atoms with van der Waals surface area (Å²) in [5.74, 6) is -0.390. The summed E-state index contributed by atoms with van der Waals surface area (Å²) in [6.07, 6.45) is 4.02. The third kappa shape index (κ3) is 7.15. The highest BCUT2D eigenvalue weighted by molar-refractivity contribution is 7.93. The van der Waals surface area contributed by atoms with E-state index < -0.39 is 32.7 Å². The number of amides is 1. The highest BCUT2D eigenvalue weighted by Gasteiger charge is 2.51. The fourth-order valence-electron chi connectivity index (χ4n) is 4.20. The number of likely N-dealkylation sites (N-methyl/N-ethyl adjacent to an activating group) is 1. The summed E-state index contributed by atoms with van der Waals surface area (Å²) in [4.78, 5) is 13.7. The molecule has 0 saturated heterocycles. The second-order valence-electron chi connectivity index (χ2n) is 9.43. The van der Waals surface area contributed by atoms with Crippen molar-refractivity contribution in [2.45, 2.75) is 49.7 Å². The number of para-hydroxylation sites is 1. The maximum Gasteiger partial charge on any atom is 0.252 e. The molecule has 1 aliphatic carbocycles. The Bertz CT molecular complexity index is 1370. The van der Waals surface area contributed by atoms with E-state index in [2.05, 4.69) is 5.32 Å². The van der Waals surface area contributed by atoms with E-state index in [0.717, 1.165) is 23.8 Å². The van der Waals surface area contributed by atoms with Gasteiger partial charge in [0.05, 0.1) is 17.5 Å². The van der Waals surface area contributed by atoms with Gasteiger partial charge in [-0.15, -0.1) is 0 Å². The molecular formula is C29H33ClF2N2O4S. The third-order valence-electron chi connectivity index (χ3n) is 6.29. The quantitative estimate of drug-likeness (QED) is 0.325. The summed E-state index contributed by atoms with van der Waals surface area (Å²) >= 11 is 5.87. The molecule has 1 aliphatic rings. The Morgan fingerprint density at radius 2 is 1.87 bits per heavy atom. The first-order valence-corrected chi connectivity index (χ1v) is 14.4. The molecule has 0 saturated carbocycles. The molecule has 3 atom stereocenters. The summed E-state index contributed by atoms with van der Waals surface area (Å²) in [7, 11) is -4.59. The van der Waals surface area contributed by atoms with E-state index in [1.165, 1.54) is 24.3 Å². The number of allylic oxidation sites excluding steroid dienone is 3. The largest absolute Gasteiger partial charge is 0.491 e. The maximum absolute atomic E-state index is 16.4. The maximum atomic E-state index is 16.4. The molecule has 0 aromatic heterocycles. The van der Waals surface area contributed by atoms with Gasteiger partial charge in [0.1, 0.15) is 18.2 Å². The lowest BCUT2D eigenvalue weighted by Gasteiger charge is -2.34. The lowest BCUT2D eigenvalue weighted by atomic mass is 10.0. The van der Waals surface area contributed by atoms with Gasteiger partial charge >= 0.3 is 0 Å². The minimum absolute atomic E-state index is 0.107. The van der Waals surface area contributed by atoms with Gasteiger partial charge in [0.25, 0.3) is 5.00 Å². The molecule has 39 heavy (non-hydrogen) atoms. The number of rotatable bonds is 11. The van der Waals surface area contributed by atoms with Crippen LogP contribution in [0.5, 0.6) is 5.75 Å². The number of carbonyl (C=O) groups excluding carboxylic acids is 1. The minimum Gasteiger partial charge on any atom is -0.491 e. The summed E-state index contributed by atoms with van der Waals surface area (Å²) in [5.41, 5.74) is 1.51. The van der Waals surface area contributed by atoms with Crippen LogP contribution in [0.1, 0.15) is 39.3 Å². The van der Waals surface area contributed by atoms with Crippen molar-refractivity contribution in [2.24, 2.45) is 0 Å². The van der Waals surface area contributed by atoms with Crippen LogP contribution in [0.25, 0.3) is 0 Å². The Morgan fingerprint density at radius 3 is 2.51 bits per heavy atom. The van der Waals surface area contributed by atoms with Gasteiger partial charge in [-0.05, 0) is 76.3 Å². The van der Waals surface area contributed by atoms with E-state index >= 15 is 4.39 Å². The molecule has 0 aliphatic heterocycles. The van der Waals surface area contributed by atoms with Crippen molar-refractivity contribution < 1.29 is 26.7 Å². The molecule has 0 heterocycles. The predicted octanol–water partition coefficient (Wildman–Crippen LogP) is 6.12. The van der Waals surface area contributed by atoms with E-state index in [4.69, 9.17) is 16.3 Å². The van der Waals surface area contributed by atoms with Crippen molar-refractivity contribution in [1.82, 2.24) is 10.2 Å². The molecule has 0 fully saturated rings. The summed E-state index contributed by atoms with van der Waals surface area (Å²) in [6.45, 7) is 8.36. The Kier molecular flexibility index (Phi) is 10.1. The number of nitrogens with one attached hydrogen (secondary N) is 1. The van der Waals surface area contributed by atoms with Gasteiger partial charge in [-0.1, -0.05) is 35.4 Å². The first-order valence-electron chi connectivity index (χ1n) is 12.6. The van der Waals surface area contributed by atoms with Gasteiger partial charge in [0.2, 0.25) is 15.7 Å².